The van der Waals surface area contributed by atoms with E-state index in [1.165, 1.54) is 0 Å². The molecule has 0 aliphatic carbocycles. The van der Waals surface area contributed by atoms with Gasteiger partial charge in [0.25, 0.3) is 0 Å². The van der Waals surface area contributed by atoms with Crippen molar-refractivity contribution >= 4 is 22.6 Å². The van der Waals surface area contributed by atoms with E-state index in [1.54, 1.807) is 6.33 Å². The molecule has 4 heteroatoms. The minimum Gasteiger partial charge on any atom is -0.345 e. The Morgan fingerprint density at radius 2 is 2.33 bits per heavy atom. The summed E-state index contributed by atoms with van der Waals surface area (Å²) in [5.41, 5.74) is 8.34. The van der Waals surface area contributed by atoms with Gasteiger partial charge in [0.2, 0.25) is 0 Å². The van der Waals surface area contributed by atoms with E-state index in [4.69, 9.17) is 17.3 Å². The van der Waals surface area contributed by atoms with Gasteiger partial charge in [-0.25, -0.2) is 4.98 Å². The molecule has 2 rings (SSSR count). The number of rotatable bonds is 1. The Morgan fingerprint density at radius 3 is 3.08 bits per heavy atom. The predicted molar refractivity (Wildman–Crippen MR) is 49.0 cm³/mol. The number of hydrogen-bond donors (Lipinski definition) is 2. The van der Waals surface area contributed by atoms with Gasteiger partial charge >= 0.3 is 0 Å². The van der Waals surface area contributed by atoms with Crippen LogP contribution in [0.2, 0.25) is 5.02 Å². The first-order valence-corrected chi connectivity index (χ1v) is 4.00. The summed E-state index contributed by atoms with van der Waals surface area (Å²) in [6, 6.07) is 3.67. The van der Waals surface area contributed by atoms with E-state index >= 15 is 0 Å². The summed E-state index contributed by atoms with van der Waals surface area (Å²) in [5, 5.41) is 0.687. The number of nitrogens with two attached hydrogens (primary N) is 1. The number of halogens is 1. The standard InChI is InChI=1S/C8H8ClN3/c9-6-1-5(3-10)8-7(2-6)11-4-12-8/h1-2,4H,3,10H2,(H,11,12). The molecule has 3 nitrogen and oxygen atoms in total. The van der Waals surface area contributed by atoms with Crippen LogP contribution in [0.1, 0.15) is 5.56 Å². The van der Waals surface area contributed by atoms with Crippen LogP contribution in [-0.4, -0.2) is 9.97 Å². The molecule has 0 bridgehead atoms. The van der Waals surface area contributed by atoms with Gasteiger partial charge in [-0.05, 0) is 17.7 Å². The zero-order valence-electron chi connectivity index (χ0n) is 6.34. The van der Waals surface area contributed by atoms with Crippen LogP contribution in [0.5, 0.6) is 0 Å². The third-order valence-corrected chi connectivity index (χ3v) is 2.01. The van der Waals surface area contributed by atoms with E-state index in [2.05, 4.69) is 9.97 Å². The average Bonchev–Trinajstić information content (AvgIpc) is 2.50. The van der Waals surface area contributed by atoms with Crippen LogP contribution in [0.25, 0.3) is 11.0 Å². The Labute approximate surface area is 74.5 Å². The quantitative estimate of drug-likeness (QED) is 0.703. The molecule has 0 atom stereocenters. The number of nitrogens with one attached hydrogen (secondary N) is 1. The molecule has 0 spiro atoms. The summed E-state index contributed by atoms with van der Waals surface area (Å²) >= 11 is 5.86. The molecule has 12 heavy (non-hydrogen) atoms. The maximum absolute atomic E-state index is 5.86. The van der Waals surface area contributed by atoms with E-state index in [0.717, 1.165) is 16.6 Å². The fourth-order valence-electron chi connectivity index (χ4n) is 1.24. The SMILES string of the molecule is NCc1cc(Cl)cc2[nH]cnc12. The molecular weight excluding hydrogens is 174 g/mol. The Balaban J connectivity index is 2.80. The smallest absolute Gasteiger partial charge is 0.0932 e. The van der Waals surface area contributed by atoms with E-state index in [0.29, 0.717) is 11.6 Å². The fraction of sp³-hybridized carbons (Fsp3) is 0.125. The van der Waals surface area contributed by atoms with Crippen molar-refractivity contribution in [1.82, 2.24) is 9.97 Å². The van der Waals surface area contributed by atoms with Crippen molar-refractivity contribution in [1.29, 1.82) is 0 Å². The molecule has 0 radical (unpaired) electrons. The fourth-order valence-corrected chi connectivity index (χ4v) is 1.48. The van der Waals surface area contributed by atoms with Crippen molar-refractivity contribution in [3.8, 4) is 0 Å². The van der Waals surface area contributed by atoms with E-state index in [1.807, 2.05) is 12.1 Å². The second-order valence-electron chi connectivity index (χ2n) is 2.57. The lowest BCUT2D eigenvalue weighted by molar-refractivity contribution is 1.08. The van der Waals surface area contributed by atoms with Gasteiger partial charge in [-0.3, -0.25) is 0 Å². The van der Waals surface area contributed by atoms with Gasteiger partial charge in [0, 0.05) is 11.6 Å². The van der Waals surface area contributed by atoms with Gasteiger partial charge in [-0.15, -0.1) is 0 Å². The maximum atomic E-state index is 5.86. The van der Waals surface area contributed by atoms with Crippen LogP contribution in [0.3, 0.4) is 0 Å². The Kier molecular flexibility index (Phi) is 1.75. The molecule has 0 aliphatic heterocycles. The van der Waals surface area contributed by atoms with Crippen LogP contribution in [0.15, 0.2) is 18.5 Å². The maximum Gasteiger partial charge on any atom is 0.0932 e. The number of benzene rings is 1. The molecule has 0 saturated carbocycles. The summed E-state index contributed by atoms with van der Waals surface area (Å²) in [7, 11) is 0. The highest BCUT2D eigenvalue weighted by molar-refractivity contribution is 6.31. The molecule has 0 unspecified atom stereocenters. The Morgan fingerprint density at radius 1 is 1.50 bits per heavy atom. The topological polar surface area (TPSA) is 54.7 Å². The molecule has 62 valence electrons. The molecule has 0 fully saturated rings. The minimum atomic E-state index is 0.460. The Bertz CT molecular complexity index is 408. The second kappa shape index (κ2) is 2.77. The number of hydrogen-bond acceptors (Lipinski definition) is 2. The number of nitrogens with zero attached hydrogens (tertiary/aromatic N) is 1. The van der Waals surface area contributed by atoms with Crippen LogP contribution in [0.4, 0.5) is 0 Å². The van der Waals surface area contributed by atoms with E-state index in [-0.39, 0.29) is 0 Å². The van der Waals surface area contributed by atoms with Crippen molar-refractivity contribution < 1.29 is 0 Å². The zero-order valence-corrected chi connectivity index (χ0v) is 7.10. The molecular formula is C8H8ClN3. The van der Waals surface area contributed by atoms with Gasteiger partial charge in [-0.2, -0.15) is 0 Å². The van der Waals surface area contributed by atoms with Crippen molar-refractivity contribution in [2.24, 2.45) is 5.73 Å². The lowest BCUT2D eigenvalue weighted by atomic mass is 10.2. The first-order valence-electron chi connectivity index (χ1n) is 3.63. The highest BCUT2D eigenvalue weighted by Crippen LogP contribution is 2.20. The predicted octanol–water partition coefficient (Wildman–Crippen LogP) is 1.67. The number of aromatic nitrogens is 2. The summed E-state index contributed by atoms with van der Waals surface area (Å²) in [5.74, 6) is 0. The molecule has 0 aliphatic rings. The van der Waals surface area contributed by atoms with Crippen LogP contribution >= 0.6 is 11.6 Å². The second-order valence-corrected chi connectivity index (χ2v) is 3.00. The first-order chi connectivity index (χ1) is 5.81. The minimum absolute atomic E-state index is 0.460. The van der Waals surface area contributed by atoms with Crippen molar-refractivity contribution in [3.63, 3.8) is 0 Å². The highest BCUT2D eigenvalue weighted by atomic mass is 35.5. The van der Waals surface area contributed by atoms with Gasteiger partial charge in [0.1, 0.15) is 0 Å². The molecule has 2 aromatic rings. The number of H-pyrrole nitrogens is 1. The van der Waals surface area contributed by atoms with Gasteiger partial charge in [0.15, 0.2) is 0 Å². The van der Waals surface area contributed by atoms with Crippen molar-refractivity contribution in [2.75, 3.05) is 0 Å². The monoisotopic (exact) mass is 181 g/mol. The summed E-state index contributed by atoms with van der Waals surface area (Å²) in [4.78, 5) is 7.12. The zero-order chi connectivity index (χ0) is 8.55. The molecule has 1 heterocycles. The molecule has 0 amide bonds. The van der Waals surface area contributed by atoms with Gasteiger partial charge in [-0.1, -0.05) is 11.6 Å². The number of fused-ring (bicyclic) bond motifs is 1. The summed E-state index contributed by atoms with van der Waals surface area (Å²) in [6.07, 6.45) is 1.64. The van der Waals surface area contributed by atoms with E-state index in [9.17, 15) is 0 Å². The first kappa shape index (κ1) is 7.58. The molecule has 3 N–H and O–H groups in total. The number of aromatic amines is 1. The third kappa shape index (κ3) is 1.07. The molecule has 0 saturated heterocycles. The summed E-state index contributed by atoms with van der Waals surface area (Å²) in [6.45, 7) is 0.460. The number of imidazole rings is 1. The molecule has 1 aromatic heterocycles. The molecule has 1 aromatic carbocycles. The van der Waals surface area contributed by atoms with Crippen LogP contribution in [0, 0.1) is 0 Å². The Hall–Kier alpha value is -1.06. The third-order valence-electron chi connectivity index (χ3n) is 1.79. The van der Waals surface area contributed by atoms with Gasteiger partial charge in [0.05, 0.1) is 17.4 Å². The van der Waals surface area contributed by atoms with Crippen LogP contribution in [-0.2, 0) is 6.54 Å². The highest BCUT2D eigenvalue weighted by Gasteiger charge is 2.03. The largest absolute Gasteiger partial charge is 0.345 e. The van der Waals surface area contributed by atoms with Crippen molar-refractivity contribution in [2.45, 2.75) is 6.54 Å². The van der Waals surface area contributed by atoms with Gasteiger partial charge < -0.3 is 10.7 Å². The summed E-state index contributed by atoms with van der Waals surface area (Å²) < 4.78 is 0. The van der Waals surface area contributed by atoms with E-state index < -0.39 is 0 Å². The van der Waals surface area contributed by atoms with Crippen molar-refractivity contribution in [3.05, 3.63) is 29.0 Å². The lowest BCUT2D eigenvalue weighted by Gasteiger charge is -1.98. The lowest BCUT2D eigenvalue weighted by Crippen LogP contribution is -1.97. The normalized spacial score (nSPS) is 10.8. The van der Waals surface area contributed by atoms with Crippen LogP contribution < -0.4 is 5.73 Å². The average molecular weight is 182 g/mol.